The van der Waals surface area contributed by atoms with Crippen molar-refractivity contribution in [2.24, 2.45) is 4.99 Å². The minimum Gasteiger partial charge on any atom is -0.375 e. The van der Waals surface area contributed by atoms with E-state index in [0.717, 1.165) is 33.8 Å². The summed E-state index contributed by atoms with van der Waals surface area (Å²) < 4.78 is 5.33. The van der Waals surface area contributed by atoms with E-state index in [9.17, 15) is 0 Å². The molecular formula is C18H25ClN4OS. The first-order chi connectivity index (χ1) is 12.0. The Morgan fingerprint density at radius 2 is 2.20 bits per heavy atom. The van der Waals surface area contributed by atoms with Crippen LogP contribution in [0.5, 0.6) is 0 Å². The molecule has 1 aromatic carbocycles. The number of halogens is 1. The van der Waals surface area contributed by atoms with Gasteiger partial charge in [0, 0.05) is 31.1 Å². The molecule has 0 radical (unpaired) electrons. The number of thiazole rings is 1. The number of rotatable bonds is 7. The van der Waals surface area contributed by atoms with Gasteiger partial charge in [-0.05, 0) is 25.5 Å². The molecule has 2 aromatic rings. The second-order valence-corrected chi connectivity index (χ2v) is 6.97. The number of aliphatic imine (C=N–C) groups is 1. The van der Waals surface area contributed by atoms with Crippen molar-refractivity contribution in [2.75, 3.05) is 20.7 Å². The zero-order valence-corrected chi connectivity index (χ0v) is 16.7. The molecule has 0 amide bonds. The summed E-state index contributed by atoms with van der Waals surface area (Å²) in [5.74, 6) is 0.830. The summed E-state index contributed by atoms with van der Waals surface area (Å²) in [5, 5.41) is 7.11. The number of hydrogen-bond acceptors (Lipinski definition) is 4. The Hall–Kier alpha value is -1.63. The first kappa shape index (κ1) is 19.7. The molecule has 7 heteroatoms. The normalized spacial score (nSPS) is 12.9. The van der Waals surface area contributed by atoms with E-state index in [-0.39, 0.29) is 6.10 Å². The van der Waals surface area contributed by atoms with Crippen LogP contribution in [-0.2, 0) is 17.8 Å². The van der Waals surface area contributed by atoms with Crippen molar-refractivity contribution in [3.05, 3.63) is 50.9 Å². The molecule has 136 valence electrons. The molecule has 1 aromatic heterocycles. The van der Waals surface area contributed by atoms with Gasteiger partial charge in [-0.1, -0.05) is 29.8 Å². The molecular weight excluding hydrogens is 356 g/mol. The summed E-state index contributed by atoms with van der Waals surface area (Å²) >= 11 is 7.84. The molecule has 0 spiro atoms. The molecule has 5 nitrogen and oxygen atoms in total. The van der Waals surface area contributed by atoms with Crippen molar-refractivity contribution >= 4 is 28.9 Å². The summed E-state index contributed by atoms with van der Waals surface area (Å²) in [4.78, 5) is 11.4. The van der Waals surface area contributed by atoms with Crippen LogP contribution in [0.1, 0.15) is 36.2 Å². The number of benzene rings is 1. The lowest BCUT2D eigenvalue weighted by molar-refractivity contribution is 0.119. The van der Waals surface area contributed by atoms with Crippen LogP contribution in [0.15, 0.2) is 34.6 Å². The third kappa shape index (κ3) is 5.70. The molecule has 1 heterocycles. The molecule has 0 bridgehead atoms. The minimum absolute atomic E-state index is 0.0196. The van der Waals surface area contributed by atoms with Crippen molar-refractivity contribution in [1.82, 2.24) is 15.2 Å². The van der Waals surface area contributed by atoms with Crippen molar-refractivity contribution in [3.8, 4) is 0 Å². The van der Waals surface area contributed by atoms with Gasteiger partial charge in [-0.15, -0.1) is 11.3 Å². The quantitative estimate of drug-likeness (QED) is 0.580. The van der Waals surface area contributed by atoms with Crippen LogP contribution in [0.4, 0.5) is 0 Å². The van der Waals surface area contributed by atoms with E-state index in [1.165, 1.54) is 0 Å². The molecule has 2 rings (SSSR count). The fourth-order valence-corrected chi connectivity index (χ4v) is 3.29. The molecule has 0 aliphatic heterocycles. The smallest absolute Gasteiger partial charge is 0.194 e. The third-order valence-electron chi connectivity index (χ3n) is 3.72. The Balaban J connectivity index is 2.06. The summed E-state index contributed by atoms with van der Waals surface area (Å²) in [5.41, 5.74) is 2.02. The van der Waals surface area contributed by atoms with Gasteiger partial charge >= 0.3 is 0 Å². The average molecular weight is 381 g/mol. The van der Waals surface area contributed by atoms with Crippen molar-refractivity contribution < 1.29 is 4.74 Å². The number of methoxy groups -OCH3 is 1. The highest BCUT2D eigenvalue weighted by molar-refractivity contribution is 7.09. The van der Waals surface area contributed by atoms with E-state index in [4.69, 9.17) is 21.3 Å². The summed E-state index contributed by atoms with van der Waals surface area (Å²) in [6.45, 7) is 6.08. The predicted molar refractivity (Wildman–Crippen MR) is 105 cm³/mol. The van der Waals surface area contributed by atoms with Crippen molar-refractivity contribution in [2.45, 2.75) is 33.0 Å². The van der Waals surface area contributed by atoms with E-state index in [1.54, 1.807) is 18.4 Å². The highest BCUT2D eigenvalue weighted by Crippen LogP contribution is 2.21. The first-order valence-electron chi connectivity index (χ1n) is 8.25. The number of nitrogens with zero attached hydrogens (tertiary/aromatic N) is 3. The predicted octanol–water partition coefficient (Wildman–Crippen LogP) is 4.10. The van der Waals surface area contributed by atoms with Crippen LogP contribution in [0, 0.1) is 0 Å². The maximum atomic E-state index is 6.22. The number of ether oxygens (including phenoxy) is 1. The van der Waals surface area contributed by atoms with Crippen LogP contribution in [-0.4, -0.2) is 36.5 Å². The Kier molecular flexibility index (Phi) is 7.68. The maximum absolute atomic E-state index is 6.22. The number of nitrogens with one attached hydrogen (secondary N) is 1. The SMILES string of the molecule is CCNC(=NCc1ccccc1Cl)N(C)Cc1csc(C(C)OC)n1. The Labute approximate surface area is 158 Å². The van der Waals surface area contributed by atoms with Gasteiger partial charge in [0.1, 0.15) is 11.1 Å². The maximum Gasteiger partial charge on any atom is 0.194 e. The Morgan fingerprint density at radius 3 is 2.88 bits per heavy atom. The van der Waals surface area contributed by atoms with Crippen LogP contribution >= 0.6 is 22.9 Å². The van der Waals surface area contributed by atoms with Gasteiger partial charge < -0.3 is 15.0 Å². The number of aromatic nitrogens is 1. The van der Waals surface area contributed by atoms with E-state index < -0.39 is 0 Å². The van der Waals surface area contributed by atoms with Gasteiger partial charge in [0.05, 0.1) is 18.8 Å². The van der Waals surface area contributed by atoms with Crippen LogP contribution in [0.2, 0.25) is 5.02 Å². The lowest BCUT2D eigenvalue weighted by atomic mass is 10.2. The van der Waals surface area contributed by atoms with E-state index in [0.29, 0.717) is 13.1 Å². The first-order valence-corrected chi connectivity index (χ1v) is 9.50. The van der Waals surface area contributed by atoms with Crippen molar-refractivity contribution in [3.63, 3.8) is 0 Å². The molecule has 0 fully saturated rings. The molecule has 25 heavy (non-hydrogen) atoms. The number of guanidine groups is 1. The largest absolute Gasteiger partial charge is 0.375 e. The molecule has 0 saturated carbocycles. The van der Waals surface area contributed by atoms with E-state index in [2.05, 4.69) is 27.5 Å². The lowest BCUT2D eigenvalue weighted by Gasteiger charge is -2.21. The molecule has 0 aliphatic carbocycles. The minimum atomic E-state index is 0.0196. The second-order valence-electron chi connectivity index (χ2n) is 5.67. The second kappa shape index (κ2) is 9.75. The van der Waals surface area contributed by atoms with Crippen LogP contribution in [0.25, 0.3) is 0 Å². The lowest BCUT2D eigenvalue weighted by Crippen LogP contribution is -2.38. The summed E-state index contributed by atoms with van der Waals surface area (Å²) in [6, 6.07) is 7.78. The molecule has 1 atom stereocenters. The van der Waals surface area contributed by atoms with Gasteiger partial charge in [0.15, 0.2) is 5.96 Å². The van der Waals surface area contributed by atoms with Gasteiger partial charge in [-0.2, -0.15) is 0 Å². The van der Waals surface area contributed by atoms with Crippen molar-refractivity contribution in [1.29, 1.82) is 0 Å². The molecule has 0 saturated heterocycles. The fourth-order valence-electron chi connectivity index (χ4n) is 2.26. The van der Waals surface area contributed by atoms with Crippen LogP contribution in [0.3, 0.4) is 0 Å². The molecule has 0 aliphatic rings. The van der Waals surface area contributed by atoms with Gasteiger partial charge in [0.25, 0.3) is 0 Å². The van der Waals surface area contributed by atoms with Gasteiger partial charge in [0.2, 0.25) is 0 Å². The van der Waals surface area contributed by atoms with Gasteiger partial charge in [-0.25, -0.2) is 9.98 Å². The standard InChI is InChI=1S/C18H25ClN4OS/c1-5-20-18(21-10-14-8-6-7-9-16(14)19)23(3)11-15-12-25-17(22-15)13(2)24-4/h6-9,12-13H,5,10-11H2,1-4H3,(H,20,21). The fraction of sp³-hybridized carbons (Fsp3) is 0.444. The highest BCUT2D eigenvalue weighted by Gasteiger charge is 2.12. The highest BCUT2D eigenvalue weighted by atomic mass is 35.5. The van der Waals surface area contributed by atoms with Crippen LogP contribution < -0.4 is 5.32 Å². The van der Waals surface area contributed by atoms with E-state index >= 15 is 0 Å². The monoisotopic (exact) mass is 380 g/mol. The average Bonchev–Trinajstić information content (AvgIpc) is 3.07. The zero-order valence-electron chi connectivity index (χ0n) is 15.1. The summed E-state index contributed by atoms with van der Waals surface area (Å²) in [7, 11) is 3.70. The topological polar surface area (TPSA) is 49.8 Å². The third-order valence-corrected chi connectivity index (χ3v) is 5.15. The Morgan fingerprint density at radius 1 is 1.44 bits per heavy atom. The molecule has 1 unspecified atom stereocenters. The molecule has 1 N–H and O–H groups in total. The zero-order chi connectivity index (χ0) is 18.2. The Bertz CT molecular complexity index is 704. The number of hydrogen-bond donors (Lipinski definition) is 1. The van der Waals surface area contributed by atoms with E-state index in [1.807, 2.05) is 38.2 Å². The summed E-state index contributed by atoms with van der Waals surface area (Å²) in [6.07, 6.45) is 0.0196. The van der Waals surface area contributed by atoms with Gasteiger partial charge in [-0.3, -0.25) is 0 Å².